The van der Waals surface area contributed by atoms with Crippen LogP contribution in [0.25, 0.3) is 0 Å². The van der Waals surface area contributed by atoms with Crippen molar-refractivity contribution < 1.29 is 13.6 Å². The molecule has 18 heavy (non-hydrogen) atoms. The molecule has 0 aromatic carbocycles. The van der Waals surface area contributed by atoms with Crippen LogP contribution < -0.4 is 0 Å². The molecule has 0 aliphatic carbocycles. The number of nitrogens with zero attached hydrogens (tertiary/aromatic N) is 4. The van der Waals surface area contributed by atoms with Crippen LogP contribution in [0.3, 0.4) is 0 Å². The Balaban J connectivity index is 2.43. The molecule has 1 heterocycles. The fourth-order valence-corrected chi connectivity index (χ4v) is 1.87. The maximum absolute atomic E-state index is 11.9. The molecule has 1 atom stereocenters. The van der Waals surface area contributed by atoms with E-state index in [0.717, 1.165) is 5.56 Å². The fraction of sp³-hybridized carbons (Fsp3) is 0.600. The quantitative estimate of drug-likeness (QED) is 0.776. The Kier molecular flexibility index (Phi) is 5.45. The van der Waals surface area contributed by atoms with E-state index in [-0.39, 0.29) is 11.9 Å². The van der Waals surface area contributed by atoms with Crippen molar-refractivity contribution in [1.82, 2.24) is 19.6 Å². The van der Waals surface area contributed by atoms with E-state index in [1.165, 1.54) is 9.58 Å². The topological polar surface area (TPSA) is 78.7 Å². The highest BCUT2D eigenvalue weighted by atomic mass is 32.2. The molecule has 8 heteroatoms. The minimum Gasteiger partial charge on any atom is -0.325 e. The molecule has 1 amide bonds. The van der Waals surface area contributed by atoms with Gasteiger partial charge in [0.2, 0.25) is 0 Å². The van der Waals surface area contributed by atoms with E-state index in [4.69, 9.17) is 4.55 Å². The molecule has 1 N–H and O–H groups in total. The second kappa shape index (κ2) is 6.62. The molecular weight excluding hydrogens is 256 g/mol. The second-order valence-corrected chi connectivity index (χ2v) is 5.10. The van der Waals surface area contributed by atoms with E-state index >= 15 is 0 Å². The first-order valence-corrected chi connectivity index (χ1v) is 6.70. The van der Waals surface area contributed by atoms with Crippen molar-refractivity contribution in [3.05, 3.63) is 18.0 Å². The average Bonchev–Trinajstić information content (AvgIpc) is 2.70. The van der Waals surface area contributed by atoms with Crippen molar-refractivity contribution in [2.75, 3.05) is 33.1 Å². The predicted molar refractivity (Wildman–Crippen MR) is 68.7 cm³/mol. The first-order chi connectivity index (χ1) is 8.40. The van der Waals surface area contributed by atoms with Crippen LogP contribution in [0.1, 0.15) is 5.56 Å². The Bertz CT molecular complexity index is 435. The first-order valence-electron chi connectivity index (χ1n) is 5.43. The van der Waals surface area contributed by atoms with Gasteiger partial charge in [0.1, 0.15) is 5.88 Å². The highest BCUT2D eigenvalue weighted by molar-refractivity contribution is 7.79. The van der Waals surface area contributed by atoms with Crippen LogP contribution in [-0.4, -0.2) is 67.4 Å². The van der Waals surface area contributed by atoms with Gasteiger partial charge in [-0.05, 0) is 19.5 Å². The van der Waals surface area contributed by atoms with Crippen molar-refractivity contribution in [3.63, 3.8) is 0 Å². The summed E-state index contributed by atoms with van der Waals surface area (Å²) in [5.74, 6) is 0.0723. The summed E-state index contributed by atoms with van der Waals surface area (Å²) in [6, 6.07) is -0.221. The molecule has 102 valence electrons. The van der Waals surface area contributed by atoms with Gasteiger partial charge in [-0.25, -0.2) is 9.00 Å². The summed E-state index contributed by atoms with van der Waals surface area (Å²) in [5, 5.41) is 3.94. The molecule has 0 saturated heterocycles. The van der Waals surface area contributed by atoms with Gasteiger partial charge in [-0.2, -0.15) is 9.78 Å². The van der Waals surface area contributed by atoms with Crippen molar-refractivity contribution in [2.45, 2.75) is 6.92 Å². The Morgan fingerprint density at radius 1 is 1.50 bits per heavy atom. The van der Waals surface area contributed by atoms with E-state index in [0.29, 0.717) is 13.1 Å². The number of hydrogen-bond donors (Lipinski definition) is 1. The zero-order valence-corrected chi connectivity index (χ0v) is 11.6. The van der Waals surface area contributed by atoms with Crippen LogP contribution in [0.5, 0.6) is 0 Å². The van der Waals surface area contributed by atoms with Gasteiger partial charge in [-0.3, -0.25) is 4.90 Å². The summed E-state index contributed by atoms with van der Waals surface area (Å²) in [6.07, 6.45) is 3.28. The van der Waals surface area contributed by atoms with E-state index in [2.05, 4.69) is 5.10 Å². The van der Waals surface area contributed by atoms with Crippen molar-refractivity contribution >= 4 is 17.1 Å². The predicted octanol–water partition coefficient (Wildman–Crippen LogP) is 0.202. The number of aryl methyl sites for hydroxylation is 1. The van der Waals surface area contributed by atoms with Crippen LogP contribution in [0.4, 0.5) is 4.79 Å². The summed E-state index contributed by atoms with van der Waals surface area (Å²) in [4.78, 5) is 15.1. The third-order valence-electron chi connectivity index (χ3n) is 2.38. The zero-order chi connectivity index (χ0) is 13.7. The summed E-state index contributed by atoms with van der Waals surface area (Å²) in [7, 11) is 3.40. The van der Waals surface area contributed by atoms with Gasteiger partial charge in [0.05, 0.1) is 6.20 Å². The van der Waals surface area contributed by atoms with Crippen molar-refractivity contribution in [2.24, 2.45) is 0 Å². The normalized spacial score (nSPS) is 12.7. The summed E-state index contributed by atoms with van der Waals surface area (Å²) >= 11 is -1.85. The van der Waals surface area contributed by atoms with Gasteiger partial charge in [0, 0.05) is 26.3 Å². The summed E-state index contributed by atoms with van der Waals surface area (Å²) < 4.78 is 20.6. The van der Waals surface area contributed by atoms with Gasteiger partial charge < -0.3 is 9.45 Å². The highest BCUT2D eigenvalue weighted by Crippen LogP contribution is 1.98. The lowest BCUT2D eigenvalue weighted by Gasteiger charge is -2.20. The Hall–Kier alpha value is -1.25. The van der Waals surface area contributed by atoms with Crippen LogP contribution >= 0.6 is 0 Å². The molecule has 0 radical (unpaired) electrons. The van der Waals surface area contributed by atoms with E-state index in [1.807, 2.05) is 6.92 Å². The third-order valence-corrected chi connectivity index (χ3v) is 3.04. The molecule has 0 aliphatic heterocycles. The number of carbonyl (C=O) groups excluding carboxylic acids is 1. The lowest BCUT2D eigenvalue weighted by atomic mass is 10.4. The molecule has 0 bridgehead atoms. The third kappa shape index (κ3) is 4.55. The standard InChI is InChI=1S/C10H18N4O3S/c1-9-6-11-14(7-9)10(15)13(3)5-4-12(2)8-18(16)17/h6-7H,4-5,8H2,1-3H3,(H,16,17). The maximum atomic E-state index is 11.9. The molecule has 0 saturated carbocycles. The Morgan fingerprint density at radius 2 is 2.17 bits per heavy atom. The smallest absolute Gasteiger partial charge is 0.325 e. The molecule has 1 rings (SSSR count). The maximum Gasteiger partial charge on any atom is 0.344 e. The van der Waals surface area contributed by atoms with Crippen molar-refractivity contribution in [1.29, 1.82) is 0 Å². The second-order valence-electron chi connectivity index (χ2n) is 4.20. The number of likely N-dealkylation sites (N-methyl/N-ethyl adjacent to an activating group) is 2. The molecular formula is C10H18N4O3S. The van der Waals surface area contributed by atoms with Gasteiger partial charge >= 0.3 is 6.03 Å². The van der Waals surface area contributed by atoms with Gasteiger partial charge in [-0.1, -0.05) is 0 Å². The Morgan fingerprint density at radius 3 is 2.67 bits per heavy atom. The molecule has 0 spiro atoms. The average molecular weight is 274 g/mol. The van der Waals surface area contributed by atoms with Gasteiger partial charge in [-0.15, -0.1) is 0 Å². The zero-order valence-electron chi connectivity index (χ0n) is 10.7. The molecule has 1 unspecified atom stereocenters. The molecule has 1 aromatic rings. The largest absolute Gasteiger partial charge is 0.344 e. The molecule has 0 aliphatic rings. The van der Waals surface area contributed by atoms with E-state index in [1.54, 1.807) is 31.4 Å². The number of rotatable bonds is 5. The lowest BCUT2D eigenvalue weighted by molar-refractivity contribution is 0.201. The molecule has 1 aromatic heterocycles. The fourth-order valence-electron chi connectivity index (χ4n) is 1.36. The number of carbonyl (C=O) groups is 1. The van der Waals surface area contributed by atoms with Crippen LogP contribution in [-0.2, 0) is 11.1 Å². The SMILES string of the molecule is Cc1cnn(C(=O)N(C)CCN(C)CS(=O)O)c1. The van der Waals surface area contributed by atoms with Gasteiger partial charge in [0.15, 0.2) is 11.1 Å². The Labute approximate surface area is 109 Å². The number of hydrogen-bond acceptors (Lipinski definition) is 4. The van der Waals surface area contributed by atoms with E-state index < -0.39 is 11.1 Å². The van der Waals surface area contributed by atoms with Crippen LogP contribution in [0, 0.1) is 6.92 Å². The number of amides is 1. The first kappa shape index (κ1) is 14.8. The minimum atomic E-state index is -1.85. The lowest BCUT2D eigenvalue weighted by Crippen LogP contribution is -2.38. The molecule has 0 fully saturated rings. The summed E-state index contributed by atoms with van der Waals surface area (Å²) in [5.41, 5.74) is 0.921. The van der Waals surface area contributed by atoms with Crippen LogP contribution in [0.15, 0.2) is 12.4 Å². The summed E-state index contributed by atoms with van der Waals surface area (Å²) in [6.45, 7) is 2.85. The number of aromatic nitrogens is 2. The highest BCUT2D eigenvalue weighted by Gasteiger charge is 2.12. The van der Waals surface area contributed by atoms with E-state index in [9.17, 15) is 9.00 Å². The van der Waals surface area contributed by atoms with Gasteiger partial charge in [0.25, 0.3) is 0 Å². The van der Waals surface area contributed by atoms with Crippen molar-refractivity contribution in [3.8, 4) is 0 Å². The van der Waals surface area contributed by atoms with Crippen LogP contribution in [0.2, 0.25) is 0 Å². The minimum absolute atomic E-state index is 0.0723. The monoisotopic (exact) mass is 274 g/mol. The molecule has 7 nitrogen and oxygen atoms in total.